The summed E-state index contributed by atoms with van der Waals surface area (Å²) in [4.78, 5) is 12.2. The van der Waals surface area contributed by atoms with Gasteiger partial charge in [-0.2, -0.15) is 0 Å². The molecule has 0 fully saturated rings. The lowest BCUT2D eigenvalue weighted by Crippen LogP contribution is -2.37. The minimum Gasteiger partial charge on any atom is -0.508 e. The number of carbonyl (C=O) groups is 1. The molecule has 1 aromatic heterocycles. The first kappa shape index (κ1) is 26.2. The summed E-state index contributed by atoms with van der Waals surface area (Å²) in [6.07, 6.45) is 1.47. The van der Waals surface area contributed by atoms with Gasteiger partial charge in [0.15, 0.2) is 0 Å². The highest BCUT2D eigenvalue weighted by Gasteiger charge is 2.09. The molecule has 0 radical (unpaired) electrons. The third-order valence-electron chi connectivity index (χ3n) is 4.11. The van der Waals surface area contributed by atoms with Crippen molar-refractivity contribution in [2.75, 3.05) is 20.1 Å². The van der Waals surface area contributed by atoms with Crippen LogP contribution in [0.3, 0.4) is 0 Å². The number of benzene rings is 2. The molecule has 0 aliphatic heterocycles. The molecule has 176 valence electrons. The van der Waals surface area contributed by atoms with Gasteiger partial charge in [-0.05, 0) is 55.7 Å². The molecule has 0 aliphatic rings. The van der Waals surface area contributed by atoms with Gasteiger partial charge in [-0.25, -0.2) is 15.6 Å². The number of aryl methyl sites for hydroxylation is 1. The molecule has 2 aromatic carbocycles. The van der Waals surface area contributed by atoms with E-state index in [-0.39, 0.29) is 6.54 Å². The monoisotopic (exact) mass is 487 g/mol. The molecule has 0 unspecified atom stereocenters. The van der Waals surface area contributed by atoms with Gasteiger partial charge < -0.3 is 15.8 Å². The van der Waals surface area contributed by atoms with E-state index in [0.29, 0.717) is 18.0 Å². The van der Waals surface area contributed by atoms with Crippen LogP contribution >= 0.6 is 23.3 Å². The molecule has 0 bridgehead atoms. The third kappa shape index (κ3) is 9.98. The van der Waals surface area contributed by atoms with E-state index in [0.717, 1.165) is 9.22 Å². The smallest absolute Gasteiger partial charge is 0.264 e. The SMILES string of the molecule is CN(C/C(N)=C/N(N)CC(=O)NO)Sc1ccc(-c2ccccc2)s1.Cc1ccc(O)cc1. The summed E-state index contributed by atoms with van der Waals surface area (Å²) in [6.45, 7) is 2.27. The zero-order valence-corrected chi connectivity index (χ0v) is 20.1. The Labute approximate surface area is 202 Å². The number of phenolic OH excluding ortho intramolecular Hbond substituents is 1. The Balaban J connectivity index is 0.000000405. The molecule has 1 heterocycles. The number of amides is 1. The highest BCUT2D eigenvalue weighted by atomic mass is 32.2. The number of nitrogens with one attached hydrogen (secondary N) is 1. The van der Waals surface area contributed by atoms with Gasteiger partial charge >= 0.3 is 0 Å². The average molecular weight is 488 g/mol. The molecule has 7 N–H and O–H groups in total. The number of nitrogens with two attached hydrogens (primary N) is 2. The van der Waals surface area contributed by atoms with Crippen LogP contribution in [0.25, 0.3) is 10.4 Å². The van der Waals surface area contributed by atoms with Crippen molar-refractivity contribution in [1.82, 2.24) is 14.8 Å². The summed E-state index contributed by atoms with van der Waals surface area (Å²) in [5, 5.41) is 18.3. The zero-order chi connectivity index (χ0) is 24.2. The van der Waals surface area contributed by atoms with Crippen LogP contribution in [0, 0.1) is 6.92 Å². The van der Waals surface area contributed by atoms with E-state index in [1.807, 2.05) is 48.6 Å². The second-order valence-corrected chi connectivity index (χ2v) is 9.70. The first-order valence-corrected chi connectivity index (χ1v) is 11.6. The molecule has 8 nitrogen and oxygen atoms in total. The van der Waals surface area contributed by atoms with Crippen LogP contribution in [0.2, 0.25) is 0 Å². The van der Waals surface area contributed by atoms with Crippen LogP contribution in [0.4, 0.5) is 0 Å². The molecule has 10 heteroatoms. The molecule has 0 aliphatic carbocycles. The second kappa shape index (κ2) is 13.5. The maximum atomic E-state index is 11.0. The first-order valence-electron chi connectivity index (χ1n) is 9.97. The van der Waals surface area contributed by atoms with E-state index in [4.69, 9.17) is 21.9 Å². The molecule has 0 saturated heterocycles. The van der Waals surface area contributed by atoms with Gasteiger partial charge in [0.2, 0.25) is 0 Å². The van der Waals surface area contributed by atoms with Gasteiger partial charge in [-0.1, -0.05) is 48.0 Å². The normalized spacial score (nSPS) is 11.0. The predicted octanol–water partition coefficient (Wildman–Crippen LogP) is 3.54. The third-order valence-corrected chi connectivity index (χ3v) is 6.27. The van der Waals surface area contributed by atoms with E-state index in [1.54, 1.807) is 35.4 Å². The molecule has 3 aromatic rings. The molecule has 0 saturated carbocycles. The van der Waals surface area contributed by atoms with Crippen LogP contribution < -0.4 is 17.1 Å². The predicted molar refractivity (Wildman–Crippen MR) is 134 cm³/mol. The topological polar surface area (TPSA) is 128 Å². The van der Waals surface area contributed by atoms with Gasteiger partial charge in [0.1, 0.15) is 12.3 Å². The quantitative estimate of drug-likeness (QED) is 0.141. The highest BCUT2D eigenvalue weighted by molar-refractivity contribution is 7.99. The number of rotatable bonds is 8. The lowest BCUT2D eigenvalue weighted by atomic mass is 10.2. The van der Waals surface area contributed by atoms with Crippen LogP contribution in [0.5, 0.6) is 5.75 Å². The Kier molecular flexibility index (Phi) is 10.7. The fourth-order valence-electron chi connectivity index (χ4n) is 2.62. The summed E-state index contributed by atoms with van der Waals surface area (Å²) in [7, 11) is 1.93. The van der Waals surface area contributed by atoms with Crippen molar-refractivity contribution in [2.24, 2.45) is 11.6 Å². The first-order chi connectivity index (χ1) is 15.8. The van der Waals surface area contributed by atoms with Crippen molar-refractivity contribution in [3.8, 4) is 16.2 Å². The van der Waals surface area contributed by atoms with Gasteiger partial charge in [0.25, 0.3) is 5.91 Å². The second-order valence-electron chi connectivity index (χ2n) is 7.11. The summed E-state index contributed by atoms with van der Waals surface area (Å²) in [5.41, 5.74) is 10.3. The largest absolute Gasteiger partial charge is 0.508 e. The summed E-state index contributed by atoms with van der Waals surface area (Å²) in [6, 6.07) is 21.5. The fraction of sp³-hybridized carbons (Fsp3) is 0.174. The fourth-order valence-corrected chi connectivity index (χ4v) is 4.81. The standard InChI is InChI=1S/C16H21N5O2S2.C7H8O/c1-20(9-13(17)10-21(18)11-15(22)19-23)25-16-8-7-14(24-16)12-5-3-2-4-6-12;1-6-2-4-7(8)5-3-6/h2-8,10,23H,9,11,17-18H2,1H3,(H,19,22);2-5,8H,1H3/b13-10-;. The van der Waals surface area contributed by atoms with Gasteiger partial charge in [0.05, 0.1) is 10.8 Å². The number of aromatic hydroxyl groups is 1. The van der Waals surface area contributed by atoms with Crippen molar-refractivity contribution in [2.45, 2.75) is 11.1 Å². The van der Waals surface area contributed by atoms with Gasteiger partial charge in [-0.15, -0.1) is 11.3 Å². The molecule has 1 amide bonds. The zero-order valence-electron chi connectivity index (χ0n) is 18.5. The Morgan fingerprint density at radius 3 is 2.36 bits per heavy atom. The minimum atomic E-state index is -0.610. The Morgan fingerprint density at radius 1 is 1.09 bits per heavy atom. The Hall–Kier alpha value is -3.02. The summed E-state index contributed by atoms with van der Waals surface area (Å²) < 4.78 is 3.13. The molecular weight excluding hydrogens is 458 g/mol. The highest BCUT2D eigenvalue weighted by Crippen LogP contribution is 2.34. The minimum absolute atomic E-state index is 0.181. The van der Waals surface area contributed by atoms with E-state index in [2.05, 4.69) is 24.3 Å². The lowest BCUT2D eigenvalue weighted by Gasteiger charge is -2.17. The number of carbonyl (C=O) groups excluding carboxylic acids is 1. The summed E-state index contributed by atoms with van der Waals surface area (Å²) >= 11 is 3.30. The van der Waals surface area contributed by atoms with E-state index in [9.17, 15) is 4.79 Å². The van der Waals surface area contributed by atoms with E-state index in [1.165, 1.54) is 27.7 Å². The molecule has 33 heavy (non-hydrogen) atoms. The summed E-state index contributed by atoms with van der Waals surface area (Å²) in [5.74, 6) is 5.35. The van der Waals surface area contributed by atoms with Crippen LogP contribution in [0.15, 0.2) is 82.8 Å². The molecule has 3 rings (SSSR count). The molecular formula is C23H29N5O3S2. The van der Waals surface area contributed by atoms with Crippen LogP contribution in [-0.2, 0) is 4.79 Å². The number of hydrazine groups is 1. The van der Waals surface area contributed by atoms with Crippen LogP contribution in [0.1, 0.15) is 5.56 Å². The number of nitrogens with zero attached hydrogens (tertiary/aromatic N) is 2. The van der Waals surface area contributed by atoms with Crippen molar-refractivity contribution >= 4 is 29.2 Å². The van der Waals surface area contributed by atoms with Gasteiger partial charge in [-0.3, -0.25) is 10.0 Å². The van der Waals surface area contributed by atoms with E-state index >= 15 is 0 Å². The van der Waals surface area contributed by atoms with Crippen molar-refractivity contribution < 1.29 is 15.1 Å². The lowest BCUT2D eigenvalue weighted by molar-refractivity contribution is -0.129. The van der Waals surface area contributed by atoms with Crippen molar-refractivity contribution in [1.29, 1.82) is 0 Å². The van der Waals surface area contributed by atoms with E-state index < -0.39 is 5.91 Å². The van der Waals surface area contributed by atoms with Crippen molar-refractivity contribution in [3.63, 3.8) is 0 Å². The number of hydroxylamine groups is 1. The molecule has 0 atom stereocenters. The number of hydrogen-bond donors (Lipinski definition) is 5. The average Bonchev–Trinajstić information content (AvgIpc) is 3.24. The number of hydrogen-bond acceptors (Lipinski definition) is 9. The maximum Gasteiger partial charge on any atom is 0.264 e. The number of likely N-dealkylation sites (N-methyl/N-ethyl adjacent to an activating group) is 1. The Bertz CT molecular complexity index is 1010. The van der Waals surface area contributed by atoms with Gasteiger partial charge in [0, 0.05) is 16.8 Å². The number of thiophene rings is 1. The van der Waals surface area contributed by atoms with Crippen LogP contribution in [-0.4, -0.2) is 45.7 Å². The maximum absolute atomic E-state index is 11.0. The van der Waals surface area contributed by atoms with Crippen molar-refractivity contribution in [3.05, 3.63) is 84.2 Å². The molecule has 0 spiro atoms. The Morgan fingerprint density at radius 2 is 1.76 bits per heavy atom. The number of phenols is 1.